The summed E-state index contributed by atoms with van der Waals surface area (Å²) in [6.07, 6.45) is 3.85. The third-order valence-electron chi connectivity index (χ3n) is 5.30. The molecule has 1 atom stereocenters. The van der Waals surface area contributed by atoms with Crippen molar-refractivity contribution in [1.82, 2.24) is 10.6 Å². The summed E-state index contributed by atoms with van der Waals surface area (Å²) < 4.78 is 13.4. The van der Waals surface area contributed by atoms with E-state index < -0.39 is 0 Å². The molecule has 4 nitrogen and oxygen atoms in total. The number of hydrogen-bond acceptors (Lipinski definition) is 3. The van der Waals surface area contributed by atoms with Crippen LogP contribution in [-0.2, 0) is 0 Å². The van der Waals surface area contributed by atoms with Gasteiger partial charge in [-0.05, 0) is 67.7 Å². The van der Waals surface area contributed by atoms with Gasteiger partial charge >= 0.3 is 0 Å². The molecule has 0 bridgehead atoms. The van der Waals surface area contributed by atoms with Crippen LogP contribution in [0, 0.1) is 24.1 Å². The molecule has 26 heavy (non-hydrogen) atoms. The van der Waals surface area contributed by atoms with Crippen LogP contribution in [0.15, 0.2) is 18.2 Å². The van der Waals surface area contributed by atoms with Gasteiger partial charge < -0.3 is 15.7 Å². The lowest BCUT2D eigenvalue weighted by Gasteiger charge is -2.32. The smallest absolute Gasteiger partial charge is 0.251 e. The summed E-state index contributed by atoms with van der Waals surface area (Å²) in [5.41, 5.74) is 1.03. The van der Waals surface area contributed by atoms with Gasteiger partial charge in [0, 0.05) is 24.7 Å². The van der Waals surface area contributed by atoms with E-state index in [0.29, 0.717) is 30.6 Å². The Morgan fingerprint density at radius 3 is 2.46 bits per heavy atom. The fourth-order valence-corrected chi connectivity index (χ4v) is 3.36. The van der Waals surface area contributed by atoms with Crippen LogP contribution in [0.2, 0.25) is 0 Å². The molecule has 146 valence electrons. The number of rotatable bonds is 6. The van der Waals surface area contributed by atoms with Gasteiger partial charge in [-0.25, -0.2) is 4.39 Å². The molecule has 0 aromatic heterocycles. The Bertz CT molecular complexity index is 584. The zero-order valence-electron chi connectivity index (χ0n) is 16.4. The molecule has 0 aliphatic heterocycles. The fourth-order valence-electron chi connectivity index (χ4n) is 3.36. The van der Waals surface area contributed by atoms with E-state index in [1.165, 1.54) is 12.1 Å². The second-order valence-electron chi connectivity index (χ2n) is 8.74. The minimum atomic E-state index is -0.376. The SMILES string of the molecule is Cc1cc(F)cc(C(=O)NC[C@H]2CC[C@@H](NCC(O)C(C)(C)C)CC2)c1. The summed E-state index contributed by atoms with van der Waals surface area (Å²) in [5, 5.41) is 16.5. The third-order valence-corrected chi connectivity index (χ3v) is 5.30. The summed E-state index contributed by atoms with van der Waals surface area (Å²) in [5.74, 6) is -0.125. The Hall–Kier alpha value is -1.46. The van der Waals surface area contributed by atoms with Gasteiger partial charge in [0.2, 0.25) is 0 Å². The highest BCUT2D eigenvalue weighted by Crippen LogP contribution is 2.25. The average molecular weight is 365 g/mol. The lowest BCUT2D eigenvalue weighted by molar-refractivity contribution is 0.0583. The lowest BCUT2D eigenvalue weighted by Crippen LogP contribution is -2.43. The summed E-state index contributed by atoms with van der Waals surface area (Å²) in [6.45, 7) is 9.15. The van der Waals surface area contributed by atoms with Crippen molar-refractivity contribution in [3.8, 4) is 0 Å². The van der Waals surface area contributed by atoms with Crippen LogP contribution in [0.3, 0.4) is 0 Å². The molecule has 1 aliphatic carbocycles. The van der Waals surface area contributed by atoms with Gasteiger partial charge in [-0.2, -0.15) is 0 Å². The van der Waals surface area contributed by atoms with Crippen molar-refractivity contribution in [3.05, 3.63) is 35.1 Å². The molecule has 0 heterocycles. The first-order chi connectivity index (χ1) is 12.1. The molecule has 1 fully saturated rings. The number of hydrogen-bond donors (Lipinski definition) is 3. The van der Waals surface area contributed by atoms with Crippen LogP contribution < -0.4 is 10.6 Å². The molecule has 2 rings (SSSR count). The summed E-state index contributed by atoms with van der Waals surface area (Å²) in [7, 11) is 0. The number of aliphatic hydroxyl groups is 1. The van der Waals surface area contributed by atoms with E-state index in [-0.39, 0.29) is 23.2 Å². The number of nitrogens with one attached hydrogen (secondary N) is 2. The van der Waals surface area contributed by atoms with Gasteiger partial charge in [0.1, 0.15) is 5.82 Å². The van der Waals surface area contributed by atoms with Crippen molar-refractivity contribution in [3.63, 3.8) is 0 Å². The average Bonchev–Trinajstić information content (AvgIpc) is 2.56. The number of carbonyl (C=O) groups is 1. The molecule has 1 unspecified atom stereocenters. The maximum absolute atomic E-state index is 13.4. The molecule has 0 saturated heterocycles. The molecule has 1 saturated carbocycles. The fraction of sp³-hybridized carbons (Fsp3) is 0.667. The van der Waals surface area contributed by atoms with Gasteiger partial charge in [-0.3, -0.25) is 4.79 Å². The normalized spacial score (nSPS) is 22.1. The molecule has 0 spiro atoms. The highest BCUT2D eigenvalue weighted by atomic mass is 19.1. The second kappa shape index (κ2) is 8.96. The van der Waals surface area contributed by atoms with Crippen molar-refractivity contribution < 1.29 is 14.3 Å². The first-order valence-electron chi connectivity index (χ1n) is 9.62. The number of benzene rings is 1. The van der Waals surface area contributed by atoms with E-state index in [9.17, 15) is 14.3 Å². The molecule has 1 amide bonds. The van der Waals surface area contributed by atoms with Gasteiger partial charge in [0.15, 0.2) is 0 Å². The van der Waals surface area contributed by atoms with Crippen LogP contribution in [0.4, 0.5) is 4.39 Å². The Kier molecular flexibility index (Phi) is 7.18. The third kappa shape index (κ3) is 6.36. The Morgan fingerprint density at radius 1 is 1.23 bits per heavy atom. The van der Waals surface area contributed by atoms with Crippen LogP contribution in [0.25, 0.3) is 0 Å². The summed E-state index contributed by atoms with van der Waals surface area (Å²) >= 11 is 0. The maximum Gasteiger partial charge on any atom is 0.251 e. The van der Waals surface area contributed by atoms with E-state index in [2.05, 4.69) is 10.6 Å². The van der Waals surface area contributed by atoms with E-state index in [1.54, 1.807) is 13.0 Å². The van der Waals surface area contributed by atoms with E-state index >= 15 is 0 Å². The molecular formula is C21H33FN2O2. The van der Waals surface area contributed by atoms with E-state index in [0.717, 1.165) is 31.2 Å². The molecule has 5 heteroatoms. The Morgan fingerprint density at radius 2 is 1.88 bits per heavy atom. The minimum Gasteiger partial charge on any atom is -0.391 e. The van der Waals surface area contributed by atoms with Crippen molar-refractivity contribution in [1.29, 1.82) is 0 Å². The van der Waals surface area contributed by atoms with Gasteiger partial charge in [-0.15, -0.1) is 0 Å². The molecule has 3 N–H and O–H groups in total. The molecule has 0 radical (unpaired) electrons. The zero-order valence-corrected chi connectivity index (χ0v) is 16.4. The quantitative estimate of drug-likeness (QED) is 0.725. The van der Waals surface area contributed by atoms with Crippen LogP contribution in [-0.4, -0.2) is 36.2 Å². The number of amides is 1. The Balaban J connectivity index is 1.71. The second-order valence-corrected chi connectivity index (χ2v) is 8.74. The minimum absolute atomic E-state index is 0.107. The highest BCUT2D eigenvalue weighted by molar-refractivity contribution is 5.94. The van der Waals surface area contributed by atoms with Crippen molar-refractivity contribution >= 4 is 5.91 Å². The first kappa shape index (κ1) is 20.8. The van der Waals surface area contributed by atoms with Gasteiger partial charge in [0.25, 0.3) is 5.91 Å². The number of halogens is 1. The van der Waals surface area contributed by atoms with E-state index in [1.807, 2.05) is 20.8 Å². The van der Waals surface area contributed by atoms with Crippen LogP contribution >= 0.6 is 0 Å². The largest absolute Gasteiger partial charge is 0.391 e. The van der Waals surface area contributed by atoms with E-state index in [4.69, 9.17) is 0 Å². The summed E-state index contributed by atoms with van der Waals surface area (Å²) in [4.78, 5) is 12.2. The first-order valence-corrected chi connectivity index (χ1v) is 9.62. The predicted octanol–water partition coefficient (Wildman–Crippen LogP) is 3.42. The Labute approximate surface area is 156 Å². The zero-order chi connectivity index (χ0) is 19.3. The molecular weight excluding hydrogens is 331 g/mol. The van der Waals surface area contributed by atoms with Crippen molar-refractivity contribution in [2.45, 2.75) is 65.5 Å². The van der Waals surface area contributed by atoms with Crippen molar-refractivity contribution in [2.75, 3.05) is 13.1 Å². The molecule has 1 aromatic carbocycles. The predicted molar refractivity (Wildman–Crippen MR) is 103 cm³/mol. The van der Waals surface area contributed by atoms with Crippen LogP contribution in [0.1, 0.15) is 62.4 Å². The van der Waals surface area contributed by atoms with Gasteiger partial charge in [0.05, 0.1) is 6.10 Å². The van der Waals surface area contributed by atoms with Crippen LogP contribution in [0.5, 0.6) is 0 Å². The topological polar surface area (TPSA) is 61.4 Å². The lowest BCUT2D eigenvalue weighted by atomic mass is 9.85. The number of aliphatic hydroxyl groups excluding tert-OH is 1. The standard InChI is InChI=1S/C21H33FN2O2/c1-14-9-16(11-17(22)10-14)20(26)24-12-15-5-7-18(8-6-15)23-13-19(25)21(2,3)4/h9-11,15,18-19,23,25H,5-8,12-13H2,1-4H3,(H,24,26)/t15-,18+,19?. The van der Waals surface area contributed by atoms with Gasteiger partial charge in [-0.1, -0.05) is 20.8 Å². The number of aryl methyl sites for hydroxylation is 1. The highest BCUT2D eigenvalue weighted by Gasteiger charge is 2.25. The van der Waals surface area contributed by atoms with Crippen molar-refractivity contribution in [2.24, 2.45) is 11.3 Å². The summed E-state index contributed by atoms with van der Waals surface area (Å²) in [6, 6.07) is 4.84. The monoisotopic (exact) mass is 364 g/mol. The number of carbonyl (C=O) groups excluding carboxylic acids is 1. The molecule has 1 aromatic rings. The maximum atomic E-state index is 13.4. The molecule has 1 aliphatic rings.